The first-order valence-electron chi connectivity index (χ1n) is 10.1. The molecule has 2 rings (SSSR count). The van der Waals surface area contributed by atoms with E-state index in [1.165, 1.54) is 0 Å². The quantitative estimate of drug-likeness (QED) is 0.489. The van der Waals surface area contributed by atoms with Crippen LogP contribution in [0.15, 0.2) is 41.3 Å². The number of ether oxygens (including phenoxy) is 1. The molecule has 0 heterocycles. The molecule has 0 spiro atoms. The van der Waals surface area contributed by atoms with Crippen LogP contribution in [0, 0.1) is 24.7 Å². The zero-order valence-electron chi connectivity index (χ0n) is 18.1. The fourth-order valence-electron chi connectivity index (χ4n) is 2.93. The van der Waals surface area contributed by atoms with Crippen molar-refractivity contribution in [3.63, 3.8) is 0 Å². The molecule has 0 bridgehead atoms. The number of sulfone groups is 1. The Morgan fingerprint density at radius 1 is 1.12 bits per heavy atom. The van der Waals surface area contributed by atoms with Crippen LogP contribution in [0.5, 0.6) is 5.75 Å². The summed E-state index contributed by atoms with van der Waals surface area (Å²) >= 11 is 6.11. The number of hydrogen-bond acceptors (Lipinski definition) is 4. The van der Waals surface area contributed by atoms with Crippen molar-refractivity contribution in [1.29, 1.82) is 0 Å². The summed E-state index contributed by atoms with van der Waals surface area (Å²) in [5, 5.41) is 9.91. The van der Waals surface area contributed by atoms with E-state index in [2.05, 4.69) is 11.8 Å². The Kier molecular flexibility index (Phi) is 10.3. The van der Waals surface area contributed by atoms with Crippen LogP contribution in [-0.2, 0) is 14.6 Å². The largest absolute Gasteiger partial charge is 0.479 e. The second-order valence-electron chi connectivity index (χ2n) is 7.76. The number of rotatable bonds is 8. The van der Waals surface area contributed by atoms with Gasteiger partial charge in [0.05, 0.1) is 16.2 Å². The smallest absolute Gasteiger partial charge is 0.344 e. The van der Waals surface area contributed by atoms with E-state index in [9.17, 15) is 18.3 Å². The number of carbonyl (C=O) groups is 1. The van der Waals surface area contributed by atoms with Gasteiger partial charge in [0, 0.05) is 10.6 Å². The van der Waals surface area contributed by atoms with Crippen LogP contribution in [0.4, 0.5) is 0 Å². The van der Waals surface area contributed by atoms with Crippen LogP contribution in [-0.4, -0.2) is 31.4 Å². The number of halogens is 1. The van der Waals surface area contributed by atoms with Gasteiger partial charge < -0.3 is 9.84 Å². The van der Waals surface area contributed by atoms with Crippen molar-refractivity contribution in [1.82, 2.24) is 0 Å². The summed E-state index contributed by atoms with van der Waals surface area (Å²) in [5.41, 5.74) is 1.83. The first-order valence-corrected chi connectivity index (χ1v) is 12.1. The highest BCUT2D eigenvalue weighted by atomic mass is 35.5. The Hall–Kier alpha value is -2.49. The van der Waals surface area contributed by atoms with Gasteiger partial charge in [0.1, 0.15) is 5.75 Å². The summed E-state index contributed by atoms with van der Waals surface area (Å²) in [6, 6.07) is 9.69. The molecule has 174 valence electrons. The average molecular weight is 479 g/mol. The molecule has 0 fully saturated rings. The maximum atomic E-state index is 12.4. The first-order chi connectivity index (χ1) is 14.5. The van der Waals surface area contributed by atoms with Crippen molar-refractivity contribution in [2.24, 2.45) is 5.92 Å². The molecule has 0 aliphatic rings. The van der Waals surface area contributed by atoms with Gasteiger partial charge in [0.15, 0.2) is 15.9 Å². The number of aliphatic carboxylic acids is 1. The number of carboxylic acids is 1. The summed E-state index contributed by atoms with van der Waals surface area (Å²) in [6.45, 7) is 7.50. The summed E-state index contributed by atoms with van der Waals surface area (Å²) in [5.74, 6) is 5.44. The summed E-state index contributed by atoms with van der Waals surface area (Å²) in [4.78, 5) is 11.8. The van der Waals surface area contributed by atoms with Crippen molar-refractivity contribution in [3.05, 3.63) is 58.1 Å². The standard InChI is InChI=1S/C24H27ClO5S.CH4/c1-5-12-31(28,29)21-10-6-17(4)18(15-21)7-8-19-14-20(25)9-11-22(19)30-23(24(26)27)13-16(2)3;/h6,9-11,14-16,23H,5,12-13H2,1-4H3,(H,26,27);1H4. The van der Waals surface area contributed by atoms with Gasteiger partial charge in [-0.15, -0.1) is 0 Å². The molecular formula is C25H31ClO5S. The van der Waals surface area contributed by atoms with E-state index < -0.39 is 21.9 Å². The lowest BCUT2D eigenvalue weighted by molar-refractivity contribution is -0.145. The zero-order valence-corrected chi connectivity index (χ0v) is 19.7. The molecule has 2 aromatic rings. The second-order valence-corrected chi connectivity index (χ2v) is 10.3. The molecular weight excluding hydrogens is 448 g/mol. The third kappa shape index (κ3) is 7.58. The monoisotopic (exact) mass is 478 g/mol. The molecule has 5 nitrogen and oxygen atoms in total. The summed E-state index contributed by atoms with van der Waals surface area (Å²) in [7, 11) is -3.36. The van der Waals surface area contributed by atoms with Crippen LogP contribution >= 0.6 is 11.6 Å². The van der Waals surface area contributed by atoms with Crippen molar-refractivity contribution < 1.29 is 23.1 Å². The number of aryl methyl sites for hydroxylation is 1. The van der Waals surface area contributed by atoms with Crippen LogP contribution in [0.2, 0.25) is 5.02 Å². The number of benzene rings is 2. The molecule has 0 aliphatic heterocycles. The van der Waals surface area contributed by atoms with E-state index in [0.717, 1.165) is 5.56 Å². The molecule has 32 heavy (non-hydrogen) atoms. The Morgan fingerprint density at radius 3 is 2.38 bits per heavy atom. The van der Waals surface area contributed by atoms with E-state index in [4.69, 9.17) is 16.3 Å². The minimum atomic E-state index is -3.36. The lowest BCUT2D eigenvalue weighted by atomic mass is 10.1. The van der Waals surface area contributed by atoms with E-state index >= 15 is 0 Å². The predicted molar refractivity (Wildman–Crippen MR) is 129 cm³/mol. The molecule has 0 amide bonds. The van der Waals surface area contributed by atoms with Crippen LogP contribution in [0.1, 0.15) is 57.7 Å². The topological polar surface area (TPSA) is 80.7 Å². The molecule has 0 radical (unpaired) electrons. The lowest BCUT2D eigenvalue weighted by Crippen LogP contribution is -2.28. The number of hydrogen-bond donors (Lipinski definition) is 1. The fourth-order valence-corrected chi connectivity index (χ4v) is 4.45. The Balaban J connectivity index is 0.00000512. The SMILES string of the molecule is C.CCCS(=O)(=O)c1ccc(C)c(C#Cc2cc(Cl)ccc2OC(CC(C)C)C(=O)O)c1. The van der Waals surface area contributed by atoms with Gasteiger partial charge in [-0.2, -0.15) is 0 Å². The van der Waals surface area contributed by atoms with Gasteiger partial charge in [0.25, 0.3) is 0 Å². The van der Waals surface area contributed by atoms with Gasteiger partial charge >= 0.3 is 5.97 Å². The minimum Gasteiger partial charge on any atom is -0.479 e. The van der Waals surface area contributed by atoms with E-state index in [1.54, 1.807) is 36.4 Å². The van der Waals surface area contributed by atoms with Gasteiger partial charge in [-0.05, 0) is 61.6 Å². The fraction of sp³-hybridized carbons (Fsp3) is 0.400. The molecule has 0 aromatic heterocycles. The highest BCUT2D eigenvalue weighted by Crippen LogP contribution is 2.25. The van der Waals surface area contributed by atoms with Crippen molar-refractivity contribution >= 4 is 27.4 Å². The predicted octanol–water partition coefficient (Wildman–Crippen LogP) is 5.75. The molecule has 0 saturated heterocycles. The highest BCUT2D eigenvalue weighted by Gasteiger charge is 2.22. The van der Waals surface area contributed by atoms with Crippen LogP contribution < -0.4 is 4.74 Å². The second kappa shape index (κ2) is 11.9. The zero-order chi connectivity index (χ0) is 23.2. The molecule has 2 aromatic carbocycles. The van der Waals surface area contributed by atoms with Gasteiger partial charge in [-0.3, -0.25) is 0 Å². The summed E-state index contributed by atoms with van der Waals surface area (Å²) in [6.07, 6.45) is -0.131. The van der Waals surface area contributed by atoms with Crippen LogP contribution in [0.3, 0.4) is 0 Å². The molecule has 0 aliphatic carbocycles. The lowest BCUT2D eigenvalue weighted by Gasteiger charge is -2.18. The maximum absolute atomic E-state index is 12.4. The minimum absolute atomic E-state index is 0. The highest BCUT2D eigenvalue weighted by molar-refractivity contribution is 7.91. The molecule has 7 heteroatoms. The normalized spacial score (nSPS) is 11.8. The Bertz CT molecular complexity index is 1110. The molecule has 1 N–H and O–H groups in total. The van der Waals surface area contributed by atoms with Crippen LogP contribution in [0.25, 0.3) is 0 Å². The van der Waals surface area contributed by atoms with Crippen molar-refractivity contribution in [2.75, 3.05) is 5.75 Å². The van der Waals surface area contributed by atoms with E-state index in [-0.39, 0.29) is 24.0 Å². The first kappa shape index (κ1) is 27.5. The molecule has 0 saturated carbocycles. The maximum Gasteiger partial charge on any atom is 0.344 e. The molecule has 1 atom stereocenters. The molecule has 1 unspecified atom stereocenters. The summed E-state index contributed by atoms with van der Waals surface area (Å²) < 4.78 is 30.5. The van der Waals surface area contributed by atoms with Gasteiger partial charge in [-0.1, -0.05) is 57.7 Å². The third-order valence-electron chi connectivity index (χ3n) is 4.54. The third-order valence-corrected chi connectivity index (χ3v) is 6.70. The van der Waals surface area contributed by atoms with Gasteiger partial charge in [0.2, 0.25) is 0 Å². The number of carboxylic acid groups (broad SMARTS) is 1. The van der Waals surface area contributed by atoms with E-state index in [1.807, 2.05) is 27.7 Å². The average Bonchev–Trinajstić information content (AvgIpc) is 2.67. The Labute approximate surface area is 196 Å². The van der Waals surface area contributed by atoms with Crippen molar-refractivity contribution in [2.45, 2.75) is 59.0 Å². The van der Waals surface area contributed by atoms with E-state index in [0.29, 0.717) is 34.7 Å². The van der Waals surface area contributed by atoms with Gasteiger partial charge in [-0.25, -0.2) is 13.2 Å². The Morgan fingerprint density at radius 2 is 1.78 bits per heavy atom. The van der Waals surface area contributed by atoms with Crippen molar-refractivity contribution in [3.8, 4) is 17.6 Å².